The quantitative estimate of drug-likeness (QED) is 0.311. The predicted molar refractivity (Wildman–Crippen MR) is 186 cm³/mol. The Morgan fingerprint density at radius 2 is 1.65 bits per heavy atom. The smallest absolute Gasteiger partial charge is 0.170 e. The van der Waals surface area contributed by atoms with E-state index in [1.165, 1.54) is 90.1 Å². The summed E-state index contributed by atoms with van der Waals surface area (Å²) >= 11 is 0. The third-order valence-corrected chi connectivity index (χ3v) is 17.3. The van der Waals surface area contributed by atoms with Gasteiger partial charge in [-0.05, 0) is 143 Å². The molecule has 0 aromatic rings. The molecule has 3 aliphatic heterocycles. The summed E-state index contributed by atoms with van der Waals surface area (Å²) in [6, 6.07) is 1.57. The maximum absolute atomic E-state index is 11.0. The lowest BCUT2D eigenvalue weighted by molar-refractivity contribution is -0.251. The molecule has 7 heteroatoms. The molecule has 0 radical (unpaired) electrons. The van der Waals surface area contributed by atoms with E-state index in [1.807, 2.05) is 20.8 Å². The normalized spacial score (nSPS) is 49.8. The Morgan fingerprint density at radius 3 is 2.38 bits per heavy atom. The van der Waals surface area contributed by atoms with E-state index in [9.17, 15) is 5.11 Å². The first-order valence-corrected chi connectivity index (χ1v) is 20.6. The van der Waals surface area contributed by atoms with Crippen LogP contribution in [0.15, 0.2) is 0 Å². The van der Waals surface area contributed by atoms with Crippen molar-refractivity contribution in [3.05, 3.63) is 0 Å². The van der Waals surface area contributed by atoms with Crippen molar-refractivity contribution in [1.82, 2.24) is 9.80 Å². The first kappa shape index (κ1) is 33.5. The van der Waals surface area contributed by atoms with Crippen LogP contribution in [0.3, 0.4) is 0 Å². The van der Waals surface area contributed by atoms with Crippen molar-refractivity contribution in [1.29, 1.82) is 0 Å². The average Bonchev–Trinajstić information content (AvgIpc) is 3.57. The average molecular weight is 669 g/mol. The fraction of sp³-hybridized carbons (Fsp3) is 1.00. The Balaban J connectivity index is 0.859. The van der Waals surface area contributed by atoms with Gasteiger partial charge in [-0.15, -0.1) is 0 Å². The third-order valence-electron chi connectivity index (χ3n) is 17.3. The van der Waals surface area contributed by atoms with Gasteiger partial charge in [-0.25, -0.2) is 0 Å². The van der Waals surface area contributed by atoms with Crippen LogP contribution in [0, 0.1) is 45.3 Å². The molecule has 0 amide bonds. The van der Waals surface area contributed by atoms with Crippen molar-refractivity contribution >= 4 is 0 Å². The van der Waals surface area contributed by atoms with Crippen molar-refractivity contribution in [2.45, 2.75) is 173 Å². The fourth-order valence-electron chi connectivity index (χ4n) is 14.7. The van der Waals surface area contributed by atoms with Gasteiger partial charge in [-0.2, -0.15) is 0 Å². The third kappa shape index (κ3) is 4.89. The van der Waals surface area contributed by atoms with Crippen LogP contribution in [0.4, 0.5) is 0 Å². The Labute approximate surface area is 291 Å². The summed E-state index contributed by atoms with van der Waals surface area (Å²) in [4.78, 5) is 5.41. The SMILES string of the molecule is CCOC(C1CC[C@H]2C(CC3C4CC[C@H]5C(C)(C)C(OC6CN(C7CN(C8CCC8)C7)CCO6)CCC56CC46CCC32C)O1)C(C)(C)O. The van der Waals surface area contributed by atoms with E-state index in [0.717, 1.165) is 49.9 Å². The molecule has 9 fully saturated rings. The van der Waals surface area contributed by atoms with E-state index in [2.05, 4.69) is 30.6 Å². The van der Waals surface area contributed by atoms with Crippen LogP contribution < -0.4 is 0 Å². The molecule has 9 aliphatic rings. The van der Waals surface area contributed by atoms with E-state index < -0.39 is 5.60 Å². The molecular formula is C41H68N2O5. The molecule has 0 aromatic carbocycles. The van der Waals surface area contributed by atoms with E-state index in [0.29, 0.717) is 47.0 Å². The van der Waals surface area contributed by atoms with Crippen LogP contribution in [0.25, 0.3) is 0 Å². The summed E-state index contributed by atoms with van der Waals surface area (Å²) in [6.45, 7) is 19.6. The number of rotatable bonds is 8. The molecule has 0 aromatic heterocycles. The van der Waals surface area contributed by atoms with Crippen molar-refractivity contribution < 1.29 is 24.1 Å². The Kier molecular flexibility index (Phi) is 8.11. The summed E-state index contributed by atoms with van der Waals surface area (Å²) in [5, 5.41) is 11.0. The van der Waals surface area contributed by atoms with Gasteiger partial charge in [0.05, 0.1) is 30.5 Å². The summed E-state index contributed by atoms with van der Waals surface area (Å²) in [6.07, 6.45) is 17.6. The second-order valence-corrected chi connectivity index (χ2v) is 20.0. The van der Waals surface area contributed by atoms with Crippen molar-refractivity contribution in [2.75, 3.05) is 39.4 Å². The van der Waals surface area contributed by atoms with Gasteiger partial charge >= 0.3 is 0 Å². The van der Waals surface area contributed by atoms with E-state index in [1.54, 1.807) is 0 Å². The highest BCUT2D eigenvalue weighted by molar-refractivity contribution is 5.29. The highest BCUT2D eigenvalue weighted by Gasteiger charge is 2.80. The Hall–Kier alpha value is -0.280. The number of morpholine rings is 1. The molecule has 2 spiro atoms. The highest BCUT2D eigenvalue weighted by Crippen LogP contribution is 2.87. The minimum Gasteiger partial charge on any atom is -0.388 e. The summed E-state index contributed by atoms with van der Waals surface area (Å²) < 4.78 is 26.5. The summed E-state index contributed by atoms with van der Waals surface area (Å²) in [5.74, 6) is 3.04. The minimum atomic E-state index is -0.892. The van der Waals surface area contributed by atoms with Crippen molar-refractivity contribution in [3.8, 4) is 0 Å². The van der Waals surface area contributed by atoms with E-state index in [4.69, 9.17) is 18.9 Å². The molecule has 3 saturated heterocycles. The molecule has 12 atom stereocenters. The van der Waals surface area contributed by atoms with Crippen LogP contribution in [0.5, 0.6) is 0 Å². The lowest BCUT2D eigenvalue weighted by Gasteiger charge is -2.60. The lowest BCUT2D eigenvalue weighted by Crippen LogP contribution is -2.66. The van der Waals surface area contributed by atoms with Crippen LogP contribution >= 0.6 is 0 Å². The predicted octanol–water partition coefficient (Wildman–Crippen LogP) is 6.65. The molecular weight excluding hydrogens is 600 g/mol. The topological polar surface area (TPSA) is 63.6 Å². The number of ether oxygens (including phenoxy) is 4. The van der Waals surface area contributed by atoms with Crippen LogP contribution in [0.2, 0.25) is 0 Å². The zero-order valence-corrected chi connectivity index (χ0v) is 31.3. The van der Waals surface area contributed by atoms with E-state index in [-0.39, 0.29) is 23.9 Å². The molecule has 6 aliphatic carbocycles. The van der Waals surface area contributed by atoms with Gasteiger partial charge in [0, 0.05) is 44.9 Å². The number of hydrogen-bond donors (Lipinski definition) is 1. The Morgan fingerprint density at radius 1 is 0.854 bits per heavy atom. The standard InChI is InChI=1S/C41H68N2O5/c1-7-45-36(38(4,5)44)31-13-11-29-32(47-31)21-30-28-12-14-33-37(2,3)34(15-16-41(33)25-40(28,41)18-17-39(29,30)6)48-35-24-42(19-20-46-35)27-22-43(23-27)26-9-8-10-26/h26-36,44H,7-25H2,1-6H3/t28?,29-,30?,31?,32?,33-,34?,35?,36?,39?,40?,41?/m0/s1. The lowest BCUT2D eigenvalue weighted by atomic mass is 9.46. The summed E-state index contributed by atoms with van der Waals surface area (Å²) in [5.41, 5.74) is 0.756. The molecule has 7 nitrogen and oxygen atoms in total. The largest absolute Gasteiger partial charge is 0.388 e. The van der Waals surface area contributed by atoms with Gasteiger partial charge in [0.1, 0.15) is 6.10 Å². The molecule has 6 saturated carbocycles. The van der Waals surface area contributed by atoms with Gasteiger partial charge in [0.15, 0.2) is 6.29 Å². The van der Waals surface area contributed by atoms with Crippen LogP contribution in [-0.2, 0) is 18.9 Å². The zero-order chi connectivity index (χ0) is 33.3. The second-order valence-electron chi connectivity index (χ2n) is 20.0. The van der Waals surface area contributed by atoms with Crippen LogP contribution in [-0.4, -0.2) is 103 Å². The van der Waals surface area contributed by atoms with Crippen molar-refractivity contribution in [3.63, 3.8) is 0 Å². The zero-order valence-electron chi connectivity index (χ0n) is 31.3. The number of likely N-dealkylation sites (tertiary alicyclic amines) is 1. The maximum Gasteiger partial charge on any atom is 0.170 e. The highest BCUT2D eigenvalue weighted by atomic mass is 16.7. The van der Waals surface area contributed by atoms with Gasteiger partial charge in [-0.1, -0.05) is 27.2 Å². The molecule has 3 heterocycles. The number of fused-ring (bicyclic) bond motifs is 4. The molecule has 10 unspecified atom stereocenters. The molecule has 9 rings (SSSR count). The van der Waals surface area contributed by atoms with Crippen LogP contribution in [0.1, 0.15) is 125 Å². The second kappa shape index (κ2) is 11.6. The monoisotopic (exact) mass is 669 g/mol. The number of nitrogens with zero attached hydrogens (tertiary/aromatic N) is 2. The number of hydrogen-bond acceptors (Lipinski definition) is 7. The first-order chi connectivity index (χ1) is 22.9. The summed E-state index contributed by atoms with van der Waals surface area (Å²) in [7, 11) is 0. The van der Waals surface area contributed by atoms with E-state index >= 15 is 0 Å². The first-order valence-electron chi connectivity index (χ1n) is 20.6. The maximum atomic E-state index is 11.0. The van der Waals surface area contributed by atoms with Gasteiger partial charge in [0.2, 0.25) is 0 Å². The molecule has 48 heavy (non-hydrogen) atoms. The number of aliphatic hydroxyl groups is 1. The fourth-order valence-corrected chi connectivity index (χ4v) is 14.7. The minimum absolute atomic E-state index is 0.000961. The van der Waals surface area contributed by atoms with Gasteiger partial charge < -0.3 is 24.1 Å². The van der Waals surface area contributed by atoms with Gasteiger partial charge in [-0.3, -0.25) is 9.80 Å². The molecule has 1 N–H and O–H groups in total. The molecule has 0 bridgehead atoms. The van der Waals surface area contributed by atoms with Crippen molar-refractivity contribution in [2.24, 2.45) is 45.3 Å². The Bertz CT molecular complexity index is 1210. The molecule has 272 valence electrons. The van der Waals surface area contributed by atoms with Gasteiger partial charge in [0.25, 0.3) is 0 Å².